The molecule has 2 nitrogen and oxygen atoms in total. The first-order valence-electron chi connectivity index (χ1n) is 7.87. The molecule has 0 saturated carbocycles. The van der Waals surface area contributed by atoms with E-state index >= 15 is 0 Å². The maximum absolute atomic E-state index is 6.24. The Morgan fingerprint density at radius 3 is 1.83 bits per heavy atom. The summed E-state index contributed by atoms with van der Waals surface area (Å²) in [5.74, 6) is 0. The molecule has 2 N–H and O–H groups in total. The van der Waals surface area contributed by atoms with Crippen molar-refractivity contribution in [2.24, 2.45) is 11.1 Å². The van der Waals surface area contributed by atoms with Crippen LogP contribution in [-0.4, -0.2) is 30.6 Å². The molecule has 0 fully saturated rings. The van der Waals surface area contributed by atoms with Crippen molar-refractivity contribution >= 4 is 0 Å². The first-order chi connectivity index (χ1) is 8.39. The summed E-state index contributed by atoms with van der Waals surface area (Å²) in [5, 5.41) is 0. The van der Waals surface area contributed by atoms with Gasteiger partial charge >= 0.3 is 0 Å². The average molecular weight is 256 g/mol. The van der Waals surface area contributed by atoms with Gasteiger partial charge in [-0.3, -0.25) is 0 Å². The molecule has 0 spiro atoms. The Balaban J connectivity index is 3.92. The summed E-state index contributed by atoms with van der Waals surface area (Å²) in [6.07, 6.45) is 7.48. The van der Waals surface area contributed by atoms with Gasteiger partial charge in [-0.2, -0.15) is 0 Å². The minimum Gasteiger partial charge on any atom is -0.328 e. The smallest absolute Gasteiger partial charge is 0.00559 e. The highest BCUT2D eigenvalue weighted by Gasteiger charge is 2.16. The molecule has 0 heterocycles. The first kappa shape index (κ1) is 17.9. The third kappa shape index (κ3) is 11.0. The molecule has 0 saturated heterocycles. The summed E-state index contributed by atoms with van der Waals surface area (Å²) in [4.78, 5) is 2.61. The lowest BCUT2D eigenvalue weighted by atomic mass is 9.87. The number of nitrogens with zero attached hydrogens (tertiary/aromatic N) is 1. The lowest BCUT2D eigenvalue weighted by molar-refractivity contribution is 0.241. The molecule has 18 heavy (non-hydrogen) atoms. The summed E-state index contributed by atoms with van der Waals surface area (Å²) in [5.41, 5.74) is 6.60. The van der Waals surface area contributed by atoms with Crippen LogP contribution in [0.4, 0.5) is 0 Å². The second-order valence-corrected chi connectivity index (χ2v) is 6.86. The SMILES string of the molecule is CCCCN(CCCC)CCC(N)CC(C)(C)C. The molecule has 0 radical (unpaired) electrons. The maximum Gasteiger partial charge on any atom is 0.00559 e. The molecule has 0 aromatic carbocycles. The molecule has 0 aromatic heterocycles. The summed E-state index contributed by atoms with van der Waals surface area (Å²) >= 11 is 0. The lowest BCUT2D eigenvalue weighted by Crippen LogP contribution is -2.34. The fourth-order valence-electron chi connectivity index (χ4n) is 2.34. The number of nitrogens with two attached hydrogens (primary N) is 1. The highest BCUT2D eigenvalue weighted by atomic mass is 15.1. The van der Waals surface area contributed by atoms with Gasteiger partial charge in [-0.25, -0.2) is 0 Å². The van der Waals surface area contributed by atoms with E-state index in [2.05, 4.69) is 39.5 Å². The van der Waals surface area contributed by atoms with Crippen LogP contribution >= 0.6 is 0 Å². The van der Waals surface area contributed by atoms with Crippen LogP contribution in [0.3, 0.4) is 0 Å². The second-order valence-electron chi connectivity index (χ2n) is 6.86. The van der Waals surface area contributed by atoms with E-state index in [1.165, 1.54) is 45.3 Å². The Morgan fingerprint density at radius 1 is 0.944 bits per heavy atom. The molecule has 110 valence electrons. The first-order valence-corrected chi connectivity index (χ1v) is 7.87. The van der Waals surface area contributed by atoms with Crippen molar-refractivity contribution in [1.29, 1.82) is 0 Å². The van der Waals surface area contributed by atoms with Crippen molar-refractivity contribution in [2.45, 2.75) is 79.2 Å². The minimum absolute atomic E-state index is 0.357. The number of unbranched alkanes of at least 4 members (excludes halogenated alkanes) is 2. The molecular formula is C16H36N2. The molecule has 0 aliphatic heterocycles. The van der Waals surface area contributed by atoms with Crippen molar-refractivity contribution in [1.82, 2.24) is 4.90 Å². The standard InChI is InChI=1S/C16H36N2/c1-6-8-11-18(12-9-7-2)13-10-15(17)14-16(3,4)5/h15H,6-14,17H2,1-5H3. The van der Waals surface area contributed by atoms with Crippen LogP contribution in [-0.2, 0) is 0 Å². The van der Waals surface area contributed by atoms with Crippen LogP contribution < -0.4 is 5.73 Å². The van der Waals surface area contributed by atoms with E-state index in [-0.39, 0.29) is 0 Å². The highest BCUT2D eigenvalue weighted by Crippen LogP contribution is 2.21. The van der Waals surface area contributed by atoms with Gasteiger partial charge in [-0.05, 0) is 50.7 Å². The summed E-state index contributed by atoms with van der Waals surface area (Å²) in [6, 6.07) is 0.357. The van der Waals surface area contributed by atoms with Crippen LogP contribution in [0.25, 0.3) is 0 Å². The zero-order valence-corrected chi connectivity index (χ0v) is 13.5. The van der Waals surface area contributed by atoms with Crippen molar-refractivity contribution in [2.75, 3.05) is 19.6 Å². The van der Waals surface area contributed by atoms with E-state index < -0.39 is 0 Å². The average Bonchev–Trinajstić information content (AvgIpc) is 2.25. The van der Waals surface area contributed by atoms with Gasteiger partial charge in [-0.1, -0.05) is 47.5 Å². The monoisotopic (exact) mass is 256 g/mol. The van der Waals surface area contributed by atoms with Gasteiger partial charge in [0.05, 0.1) is 0 Å². The van der Waals surface area contributed by atoms with E-state index in [9.17, 15) is 0 Å². The Labute approximate surface area is 115 Å². The molecule has 0 bridgehead atoms. The fourth-order valence-corrected chi connectivity index (χ4v) is 2.34. The predicted molar refractivity (Wildman–Crippen MR) is 82.9 cm³/mol. The van der Waals surface area contributed by atoms with Crippen molar-refractivity contribution in [3.63, 3.8) is 0 Å². The van der Waals surface area contributed by atoms with E-state index in [1.807, 2.05) is 0 Å². The molecule has 0 aromatic rings. The Bertz CT molecular complexity index is 176. The Hall–Kier alpha value is -0.0800. The largest absolute Gasteiger partial charge is 0.328 e. The summed E-state index contributed by atoms with van der Waals surface area (Å²) in [6.45, 7) is 15.0. The van der Waals surface area contributed by atoms with Gasteiger partial charge in [0.15, 0.2) is 0 Å². The highest BCUT2D eigenvalue weighted by molar-refractivity contribution is 4.73. The van der Waals surface area contributed by atoms with Gasteiger partial charge < -0.3 is 10.6 Å². The molecule has 1 atom stereocenters. The van der Waals surface area contributed by atoms with Gasteiger partial charge in [0, 0.05) is 6.04 Å². The van der Waals surface area contributed by atoms with Crippen molar-refractivity contribution in [3.05, 3.63) is 0 Å². The van der Waals surface area contributed by atoms with Crippen molar-refractivity contribution < 1.29 is 0 Å². The van der Waals surface area contributed by atoms with Gasteiger partial charge in [-0.15, -0.1) is 0 Å². The maximum atomic E-state index is 6.24. The molecule has 0 amide bonds. The normalized spacial score (nSPS) is 14.2. The van der Waals surface area contributed by atoms with E-state index in [0.717, 1.165) is 12.8 Å². The number of rotatable bonds is 10. The number of hydrogen-bond acceptors (Lipinski definition) is 2. The molecular weight excluding hydrogens is 220 g/mol. The number of hydrogen-bond donors (Lipinski definition) is 1. The van der Waals surface area contributed by atoms with Gasteiger partial charge in [0.25, 0.3) is 0 Å². The zero-order valence-electron chi connectivity index (χ0n) is 13.5. The lowest BCUT2D eigenvalue weighted by Gasteiger charge is -2.27. The van der Waals surface area contributed by atoms with Crippen LogP contribution in [0.5, 0.6) is 0 Å². The molecule has 0 rings (SSSR count). The Kier molecular flexibility index (Phi) is 9.76. The van der Waals surface area contributed by atoms with E-state index in [1.54, 1.807) is 0 Å². The molecule has 1 unspecified atom stereocenters. The van der Waals surface area contributed by atoms with E-state index in [4.69, 9.17) is 5.73 Å². The molecule has 0 aliphatic carbocycles. The van der Waals surface area contributed by atoms with Crippen LogP contribution in [0, 0.1) is 5.41 Å². The quantitative estimate of drug-likeness (QED) is 0.639. The topological polar surface area (TPSA) is 29.3 Å². The Morgan fingerprint density at radius 2 is 1.44 bits per heavy atom. The minimum atomic E-state index is 0.357. The zero-order chi connectivity index (χ0) is 14.0. The molecule has 2 heteroatoms. The molecule has 0 aliphatic rings. The summed E-state index contributed by atoms with van der Waals surface area (Å²) < 4.78 is 0. The third-order valence-corrected chi connectivity index (χ3v) is 3.35. The van der Waals surface area contributed by atoms with Crippen LogP contribution in [0.1, 0.15) is 73.1 Å². The summed E-state index contributed by atoms with van der Waals surface area (Å²) in [7, 11) is 0. The second kappa shape index (κ2) is 9.80. The predicted octanol–water partition coefficient (Wildman–Crippen LogP) is 4.04. The fraction of sp³-hybridized carbons (Fsp3) is 1.00. The van der Waals surface area contributed by atoms with E-state index in [0.29, 0.717) is 11.5 Å². The van der Waals surface area contributed by atoms with Crippen molar-refractivity contribution in [3.8, 4) is 0 Å². The van der Waals surface area contributed by atoms with Crippen LogP contribution in [0.2, 0.25) is 0 Å². The van der Waals surface area contributed by atoms with Gasteiger partial charge in [0.2, 0.25) is 0 Å². The van der Waals surface area contributed by atoms with Gasteiger partial charge in [0.1, 0.15) is 0 Å². The van der Waals surface area contributed by atoms with Crippen LogP contribution in [0.15, 0.2) is 0 Å². The third-order valence-electron chi connectivity index (χ3n) is 3.35.